The van der Waals surface area contributed by atoms with Crippen molar-refractivity contribution >= 4 is 0 Å². The second kappa shape index (κ2) is 6.72. The van der Waals surface area contributed by atoms with Crippen LogP contribution in [-0.2, 0) is 19.0 Å². The van der Waals surface area contributed by atoms with Crippen LogP contribution in [0.15, 0.2) is 48.8 Å². The molecule has 1 heterocycles. The molecule has 5 heteroatoms. The minimum Gasteiger partial charge on any atom is -0.316 e. The number of halogens is 3. The lowest BCUT2D eigenvalue weighted by molar-refractivity contribution is -0.137. The van der Waals surface area contributed by atoms with Gasteiger partial charge in [0.25, 0.3) is 0 Å². The summed E-state index contributed by atoms with van der Waals surface area (Å²) >= 11 is 0. The molecular formula is C16H17F3N2. The van der Waals surface area contributed by atoms with E-state index in [0.717, 1.165) is 18.1 Å². The number of hydrogen-bond acceptors (Lipinski definition) is 2. The third kappa shape index (κ3) is 4.56. The van der Waals surface area contributed by atoms with Gasteiger partial charge < -0.3 is 5.32 Å². The predicted molar refractivity (Wildman–Crippen MR) is 75.9 cm³/mol. The van der Waals surface area contributed by atoms with Crippen LogP contribution in [0.25, 0.3) is 0 Å². The Balaban J connectivity index is 2.08. The van der Waals surface area contributed by atoms with E-state index >= 15 is 0 Å². The van der Waals surface area contributed by atoms with Gasteiger partial charge in [-0.15, -0.1) is 0 Å². The Kier molecular flexibility index (Phi) is 4.96. The number of nitrogens with zero attached hydrogens (tertiary/aromatic N) is 1. The standard InChI is InChI=1S/C16H17F3N2/c1-20-15(10-13-5-3-7-21-11-13)9-12-4-2-6-14(8-12)16(17,18)19/h2-8,11,15,20H,9-10H2,1H3. The maximum Gasteiger partial charge on any atom is 0.416 e. The molecule has 1 aromatic carbocycles. The van der Waals surface area contributed by atoms with Crippen LogP contribution in [0.3, 0.4) is 0 Å². The molecule has 0 bridgehead atoms. The molecule has 112 valence electrons. The quantitative estimate of drug-likeness (QED) is 0.913. The molecule has 1 N–H and O–H groups in total. The van der Waals surface area contributed by atoms with Crippen molar-refractivity contribution in [1.82, 2.24) is 10.3 Å². The Hall–Kier alpha value is -1.88. The maximum absolute atomic E-state index is 12.7. The highest BCUT2D eigenvalue weighted by molar-refractivity contribution is 5.26. The van der Waals surface area contributed by atoms with Crippen molar-refractivity contribution in [2.24, 2.45) is 0 Å². The van der Waals surface area contributed by atoms with Gasteiger partial charge >= 0.3 is 6.18 Å². The Bertz CT molecular complexity index is 567. The minimum atomic E-state index is -4.30. The molecule has 1 atom stereocenters. The monoisotopic (exact) mass is 294 g/mol. The van der Waals surface area contributed by atoms with Crippen molar-refractivity contribution in [1.29, 1.82) is 0 Å². The number of rotatable bonds is 5. The summed E-state index contributed by atoms with van der Waals surface area (Å²) in [5.41, 5.74) is 1.13. The Morgan fingerprint density at radius 1 is 1.10 bits per heavy atom. The van der Waals surface area contributed by atoms with Crippen LogP contribution in [0.4, 0.5) is 13.2 Å². The van der Waals surface area contributed by atoms with Gasteiger partial charge in [-0.2, -0.15) is 13.2 Å². The third-order valence-electron chi connectivity index (χ3n) is 3.35. The smallest absolute Gasteiger partial charge is 0.316 e. The lowest BCUT2D eigenvalue weighted by atomic mass is 9.98. The van der Waals surface area contributed by atoms with Gasteiger partial charge in [-0.25, -0.2) is 0 Å². The number of benzene rings is 1. The Morgan fingerprint density at radius 3 is 2.43 bits per heavy atom. The van der Waals surface area contributed by atoms with E-state index in [-0.39, 0.29) is 6.04 Å². The van der Waals surface area contributed by atoms with Crippen LogP contribution in [0, 0.1) is 0 Å². The van der Waals surface area contributed by atoms with Crippen LogP contribution >= 0.6 is 0 Å². The van der Waals surface area contributed by atoms with Gasteiger partial charge in [-0.05, 0) is 43.1 Å². The maximum atomic E-state index is 12.7. The summed E-state index contributed by atoms with van der Waals surface area (Å²) in [6.07, 6.45) is 0.436. The van der Waals surface area contributed by atoms with Crippen molar-refractivity contribution in [2.45, 2.75) is 25.1 Å². The summed E-state index contributed by atoms with van der Waals surface area (Å²) in [6, 6.07) is 9.37. The molecule has 21 heavy (non-hydrogen) atoms. The molecule has 1 unspecified atom stereocenters. The summed E-state index contributed by atoms with van der Waals surface area (Å²) in [7, 11) is 1.81. The first-order valence-electron chi connectivity index (χ1n) is 6.71. The van der Waals surface area contributed by atoms with Crippen LogP contribution in [0.1, 0.15) is 16.7 Å². The number of alkyl halides is 3. The SMILES string of the molecule is CNC(Cc1cccnc1)Cc1cccc(C(F)(F)F)c1. The average Bonchev–Trinajstić information content (AvgIpc) is 2.47. The van der Waals surface area contributed by atoms with Gasteiger partial charge in [-0.3, -0.25) is 4.98 Å². The number of likely N-dealkylation sites (N-methyl/N-ethyl adjacent to an activating group) is 1. The van der Waals surface area contributed by atoms with Crippen LogP contribution in [-0.4, -0.2) is 18.1 Å². The average molecular weight is 294 g/mol. The minimum absolute atomic E-state index is 0.0673. The molecular weight excluding hydrogens is 277 g/mol. The normalized spacial score (nSPS) is 13.1. The van der Waals surface area contributed by atoms with Gasteiger partial charge in [0.15, 0.2) is 0 Å². The van der Waals surface area contributed by atoms with E-state index in [0.29, 0.717) is 12.0 Å². The zero-order valence-electron chi connectivity index (χ0n) is 11.7. The van der Waals surface area contributed by atoms with Gasteiger partial charge in [-0.1, -0.05) is 24.3 Å². The topological polar surface area (TPSA) is 24.9 Å². The molecule has 0 saturated heterocycles. The lowest BCUT2D eigenvalue weighted by Gasteiger charge is -2.17. The van der Waals surface area contributed by atoms with Crippen molar-refractivity contribution in [3.63, 3.8) is 0 Å². The molecule has 2 rings (SSSR count). The highest BCUT2D eigenvalue weighted by atomic mass is 19.4. The first-order chi connectivity index (χ1) is 9.99. The summed E-state index contributed by atoms with van der Waals surface area (Å²) in [5, 5.41) is 3.15. The van der Waals surface area contributed by atoms with E-state index in [1.807, 2.05) is 19.2 Å². The van der Waals surface area contributed by atoms with Crippen LogP contribution in [0.2, 0.25) is 0 Å². The molecule has 0 spiro atoms. The number of pyridine rings is 1. The molecule has 2 nitrogen and oxygen atoms in total. The molecule has 0 radical (unpaired) electrons. The van der Waals surface area contributed by atoms with E-state index in [2.05, 4.69) is 10.3 Å². The molecule has 0 amide bonds. The fourth-order valence-corrected chi connectivity index (χ4v) is 2.24. The van der Waals surface area contributed by atoms with Gasteiger partial charge in [0.05, 0.1) is 5.56 Å². The van der Waals surface area contributed by atoms with Crippen molar-refractivity contribution in [2.75, 3.05) is 7.05 Å². The van der Waals surface area contributed by atoms with E-state index in [4.69, 9.17) is 0 Å². The van der Waals surface area contributed by atoms with Gasteiger partial charge in [0.1, 0.15) is 0 Å². The molecule has 2 aromatic rings. The zero-order chi connectivity index (χ0) is 15.3. The molecule has 0 aliphatic rings. The molecule has 0 aliphatic carbocycles. The van der Waals surface area contributed by atoms with Gasteiger partial charge in [0.2, 0.25) is 0 Å². The Morgan fingerprint density at radius 2 is 1.81 bits per heavy atom. The first-order valence-corrected chi connectivity index (χ1v) is 6.71. The third-order valence-corrected chi connectivity index (χ3v) is 3.35. The lowest BCUT2D eigenvalue weighted by Crippen LogP contribution is -2.30. The van der Waals surface area contributed by atoms with Gasteiger partial charge in [0, 0.05) is 18.4 Å². The zero-order valence-corrected chi connectivity index (χ0v) is 11.7. The number of nitrogens with one attached hydrogen (secondary N) is 1. The highest BCUT2D eigenvalue weighted by Crippen LogP contribution is 2.29. The Labute approximate surface area is 122 Å². The predicted octanol–water partition coefficient (Wildman–Crippen LogP) is 3.47. The molecule has 1 aromatic heterocycles. The highest BCUT2D eigenvalue weighted by Gasteiger charge is 2.30. The molecule has 0 fully saturated rings. The summed E-state index contributed by atoms with van der Waals surface area (Å²) < 4.78 is 38.1. The fraction of sp³-hybridized carbons (Fsp3) is 0.312. The number of aromatic nitrogens is 1. The van der Waals surface area contributed by atoms with E-state index < -0.39 is 11.7 Å². The van der Waals surface area contributed by atoms with Crippen molar-refractivity contribution in [3.8, 4) is 0 Å². The number of hydrogen-bond donors (Lipinski definition) is 1. The van der Waals surface area contributed by atoms with Crippen molar-refractivity contribution < 1.29 is 13.2 Å². The van der Waals surface area contributed by atoms with E-state index in [1.165, 1.54) is 12.1 Å². The molecule has 0 saturated carbocycles. The second-order valence-corrected chi connectivity index (χ2v) is 4.95. The first kappa shape index (κ1) is 15.5. The molecule has 0 aliphatic heterocycles. The van der Waals surface area contributed by atoms with E-state index in [9.17, 15) is 13.2 Å². The largest absolute Gasteiger partial charge is 0.416 e. The summed E-state index contributed by atoms with van der Waals surface area (Å²) in [4.78, 5) is 4.05. The van der Waals surface area contributed by atoms with Crippen molar-refractivity contribution in [3.05, 3.63) is 65.5 Å². The van der Waals surface area contributed by atoms with E-state index in [1.54, 1.807) is 18.5 Å². The van der Waals surface area contributed by atoms with Crippen LogP contribution < -0.4 is 5.32 Å². The van der Waals surface area contributed by atoms with Crippen LogP contribution in [0.5, 0.6) is 0 Å². The second-order valence-electron chi connectivity index (χ2n) is 4.95. The summed E-state index contributed by atoms with van der Waals surface area (Å²) in [6.45, 7) is 0. The summed E-state index contributed by atoms with van der Waals surface area (Å²) in [5.74, 6) is 0. The fourth-order valence-electron chi connectivity index (χ4n) is 2.24.